The molecule has 0 aromatic carbocycles. The molecule has 3 fully saturated rings. The summed E-state index contributed by atoms with van der Waals surface area (Å²) in [6, 6.07) is 0. The molecule has 0 aromatic rings. The Morgan fingerprint density at radius 1 is 1.10 bits per heavy atom. The number of fused-ring (bicyclic) bond motifs is 5. The van der Waals surface area contributed by atoms with Gasteiger partial charge in [0.15, 0.2) is 0 Å². The average molecular weight is 417 g/mol. The molecule has 0 radical (unpaired) electrons. The van der Waals surface area contributed by atoms with Gasteiger partial charge < -0.3 is 15.3 Å². The van der Waals surface area contributed by atoms with Gasteiger partial charge in [0.25, 0.3) is 0 Å². The predicted molar refractivity (Wildman–Crippen MR) is 114 cm³/mol. The molecular formula is C24H36N2O4. The average Bonchev–Trinajstić information content (AvgIpc) is 3.03. The fourth-order valence-corrected chi connectivity index (χ4v) is 7.53. The molecule has 3 saturated carbocycles. The van der Waals surface area contributed by atoms with Crippen LogP contribution in [0.2, 0.25) is 0 Å². The predicted octanol–water partition coefficient (Wildman–Crippen LogP) is 4.33. The van der Waals surface area contributed by atoms with Crippen LogP contribution in [-0.2, 0) is 19.2 Å². The van der Waals surface area contributed by atoms with Crippen molar-refractivity contribution in [3.8, 4) is 0 Å². The van der Waals surface area contributed by atoms with Crippen molar-refractivity contribution in [3.63, 3.8) is 0 Å². The third kappa shape index (κ3) is 3.46. The van der Waals surface area contributed by atoms with Crippen LogP contribution in [0.4, 0.5) is 0 Å². The van der Waals surface area contributed by atoms with Gasteiger partial charge in [-0.1, -0.05) is 30.7 Å². The zero-order valence-electron chi connectivity index (χ0n) is 18.8. The standard InChI is InChI=1S/C24H36N2O4/c1-14(25)26-30-22(28)21-8-7-19-18-6-5-16-13-17(29-15(2)27)9-11-23(16,3)20(18)10-12-24(19,21)4/h5,17-21H,6-13H2,1-4H3,(H2,25,26)/t17-,18-,19-,20-,21+,23-,24-/m0/s1. The van der Waals surface area contributed by atoms with Crippen LogP contribution in [0, 0.1) is 34.5 Å². The maximum atomic E-state index is 12.7. The Morgan fingerprint density at radius 3 is 2.57 bits per heavy atom. The number of carbonyl (C=O) groups is 2. The van der Waals surface area contributed by atoms with Crippen LogP contribution < -0.4 is 5.73 Å². The zero-order chi connectivity index (χ0) is 21.7. The number of nitrogens with zero attached hydrogens (tertiary/aromatic N) is 1. The number of oxime groups is 1. The summed E-state index contributed by atoms with van der Waals surface area (Å²) in [6.45, 7) is 7.86. The first-order valence-electron chi connectivity index (χ1n) is 11.5. The van der Waals surface area contributed by atoms with Gasteiger partial charge in [0.05, 0.1) is 5.92 Å². The number of ether oxygens (including phenoxy) is 1. The van der Waals surface area contributed by atoms with Gasteiger partial charge in [0.2, 0.25) is 0 Å². The molecule has 0 bridgehead atoms. The minimum absolute atomic E-state index is 0.0209. The van der Waals surface area contributed by atoms with Crippen LogP contribution in [-0.4, -0.2) is 23.9 Å². The fourth-order valence-electron chi connectivity index (χ4n) is 7.53. The van der Waals surface area contributed by atoms with Crippen molar-refractivity contribution in [1.29, 1.82) is 0 Å². The van der Waals surface area contributed by atoms with E-state index in [1.54, 1.807) is 6.92 Å². The van der Waals surface area contributed by atoms with E-state index in [1.165, 1.54) is 12.5 Å². The second-order valence-corrected chi connectivity index (χ2v) is 10.6. The van der Waals surface area contributed by atoms with E-state index in [0.29, 0.717) is 17.8 Å². The summed E-state index contributed by atoms with van der Waals surface area (Å²) in [6.07, 6.45) is 10.6. The van der Waals surface area contributed by atoms with Crippen LogP contribution in [0.5, 0.6) is 0 Å². The highest BCUT2D eigenvalue weighted by molar-refractivity contribution is 5.79. The van der Waals surface area contributed by atoms with Gasteiger partial charge in [-0.15, -0.1) is 0 Å². The van der Waals surface area contributed by atoms with E-state index in [4.69, 9.17) is 15.3 Å². The van der Waals surface area contributed by atoms with Crippen LogP contribution in [0.1, 0.15) is 79.1 Å². The molecule has 4 aliphatic carbocycles. The van der Waals surface area contributed by atoms with E-state index in [1.807, 2.05) is 0 Å². The number of esters is 1. The Bertz CT molecular complexity index is 786. The third-order valence-corrected chi connectivity index (χ3v) is 8.96. The molecule has 4 rings (SSSR count). The highest BCUT2D eigenvalue weighted by Crippen LogP contribution is 2.66. The normalized spacial score (nSPS) is 43.0. The molecular weight excluding hydrogens is 380 g/mol. The summed E-state index contributed by atoms with van der Waals surface area (Å²) in [5.41, 5.74) is 7.21. The summed E-state index contributed by atoms with van der Waals surface area (Å²) in [4.78, 5) is 29.3. The maximum Gasteiger partial charge on any atom is 0.338 e. The molecule has 0 amide bonds. The van der Waals surface area contributed by atoms with Crippen molar-refractivity contribution < 1.29 is 19.2 Å². The molecule has 6 heteroatoms. The highest BCUT2D eigenvalue weighted by Gasteiger charge is 2.60. The molecule has 0 unspecified atom stereocenters. The van der Waals surface area contributed by atoms with Crippen molar-refractivity contribution in [2.45, 2.75) is 85.2 Å². The lowest BCUT2D eigenvalue weighted by Crippen LogP contribution is -2.51. The zero-order valence-corrected chi connectivity index (χ0v) is 18.8. The lowest BCUT2D eigenvalue weighted by atomic mass is 9.47. The summed E-state index contributed by atoms with van der Waals surface area (Å²) >= 11 is 0. The third-order valence-electron chi connectivity index (χ3n) is 8.96. The quantitative estimate of drug-likeness (QED) is 0.185. The van der Waals surface area contributed by atoms with E-state index in [2.05, 4.69) is 25.1 Å². The van der Waals surface area contributed by atoms with Gasteiger partial charge >= 0.3 is 11.9 Å². The number of rotatable bonds is 3. The van der Waals surface area contributed by atoms with Crippen LogP contribution in [0.25, 0.3) is 0 Å². The largest absolute Gasteiger partial charge is 0.462 e. The second-order valence-electron chi connectivity index (χ2n) is 10.6. The molecule has 0 aromatic heterocycles. The summed E-state index contributed by atoms with van der Waals surface area (Å²) in [5.74, 6) is 1.58. The van der Waals surface area contributed by atoms with Gasteiger partial charge in [0, 0.05) is 13.3 Å². The van der Waals surface area contributed by atoms with E-state index in [9.17, 15) is 9.59 Å². The summed E-state index contributed by atoms with van der Waals surface area (Å²) in [7, 11) is 0. The Kier molecular flexibility index (Phi) is 5.48. The molecule has 4 aliphatic rings. The first kappa shape index (κ1) is 21.4. The van der Waals surface area contributed by atoms with Crippen molar-refractivity contribution in [1.82, 2.24) is 0 Å². The van der Waals surface area contributed by atoms with Crippen molar-refractivity contribution >= 4 is 17.8 Å². The minimum atomic E-state index is -0.219. The summed E-state index contributed by atoms with van der Waals surface area (Å²) in [5, 5.41) is 3.71. The van der Waals surface area contributed by atoms with E-state index >= 15 is 0 Å². The maximum absolute atomic E-state index is 12.7. The number of amidine groups is 1. The Hall–Kier alpha value is -1.85. The van der Waals surface area contributed by atoms with Gasteiger partial charge in [0.1, 0.15) is 11.9 Å². The Balaban J connectivity index is 1.53. The minimum Gasteiger partial charge on any atom is -0.462 e. The van der Waals surface area contributed by atoms with E-state index < -0.39 is 0 Å². The topological polar surface area (TPSA) is 91.0 Å². The Labute approximate surface area is 179 Å². The first-order chi connectivity index (χ1) is 14.1. The number of hydrogen-bond acceptors (Lipinski definition) is 5. The molecule has 2 N–H and O–H groups in total. The molecule has 0 saturated heterocycles. The van der Waals surface area contributed by atoms with Crippen LogP contribution in [0.3, 0.4) is 0 Å². The SMILES string of the molecule is CC(=O)O[C@H]1CC[C@@]2(C)C(=CC[C@H]3[C@@H]4CC[C@H](C(=O)O/N=C(/C)N)[C@@]4(C)CC[C@@H]32)C1. The number of carbonyl (C=O) groups excluding carboxylic acids is 2. The lowest BCUT2D eigenvalue weighted by Gasteiger charge is -2.57. The fraction of sp³-hybridized carbons (Fsp3) is 0.792. The second kappa shape index (κ2) is 7.69. The van der Waals surface area contributed by atoms with Gasteiger partial charge in [-0.05, 0) is 80.5 Å². The number of nitrogens with two attached hydrogens (primary N) is 1. The smallest absolute Gasteiger partial charge is 0.338 e. The van der Waals surface area contributed by atoms with Crippen molar-refractivity contribution in [2.75, 3.05) is 0 Å². The highest BCUT2D eigenvalue weighted by atomic mass is 16.7. The molecule has 0 spiro atoms. The molecule has 0 aliphatic heterocycles. The number of hydrogen-bond donors (Lipinski definition) is 1. The van der Waals surface area contributed by atoms with Gasteiger partial charge in [-0.3, -0.25) is 4.79 Å². The van der Waals surface area contributed by atoms with E-state index in [0.717, 1.165) is 51.4 Å². The van der Waals surface area contributed by atoms with Crippen molar-refractivity contribution in [2.24, 2.45) is 45.4 Å². The van der Waals surface area contributed by atoms with E-state index in [-0.39, 0.29) is 40.6 Å². The monoisotopic (exact) mass is 416 g/mol. The lowest BCUT2D eigenvalue weighted by molar-refractivity contribution is -0.156. The molecule has 166 valence electrons. The molecule has 7 atom stereocenters. The van der Waals surface area contributed by atoms with Gasteiger partial charge in [-0.25, -0.2) is 4.79 Å². The van der Waals surface area contributed by atoms with Crippen LogP contribution >= 0.6 is 0 Å². The van der Waals surface area contributed by atoms with Gasteiger partial charge in [-0.2, -0.15) is 0 Å². The van der Waals surface area contributed by atoms with Crippen molar-refractivity contribution in [3.05, 3.63) is 11.6 Å². The van der Waals surface area contributed by atoms with Crippen LogP contribution in [0.15, 0.2) is 16.8 Å². The Morgan fingerprint density at radius 2 is 1.87 bits per heavy atom. The molecule has 0 heterocycles. The molecule has 6 nitrogen and oxygen atoms in total. The number of allylic oxidation sites excluding steroid dienone is 1. The molecule has 30 heavy (non-hydrogen) atoms. The first-order valence-corrected chi connectivity index (χ1v) is 11.5. The summed E-state index contributed by atoms with van der Waals surface area (Å²) < 4.78 is 5.54.